The molecule has 0 aromatic heterocycles. The highest BCUT2D eigenvalue weighted by Crippen LogP contribution is 2.31. The Kier molecular flexibility index (Phi) is 3.01. The van der Waals surface area contributed by atoms with Crippen molar-refractivity contribution >= 4 is 15.9 Å². The van der Waals surface area contributed by atoms with Gasteiger partial charge in [0.05, 0.1) is 11.5 Å². The second kappa shape index (κ2) is 3.74. The molecule has 0 atom stereocenters. The lowest BCUT2D eigenvalue weighted by Crippen LogP contribution is -2.15. The predicted molar refractivity (Wildman–Crippen MR) is 62.3 cm³/mol. The highest BCUT2D eigenvalue weighted by molar-refractivity contribution is 9.10. The zero-order valence-corrected chi connectivity index (χ0v) is 10.6. The van der Waals surface area contributed by atoms with E-state index in [9.17, 15) is 0 Å². The van der Waals surface area contributed by atoms with Crippen molar-refractivity contribution in [3.63, 3.8) is 0 Å². The fraction of sp³-hybridized carbons (Fsp3) is 0.417. The first-order valence-electron chi connectivity index (χ1n) is 4.57. The van der Waals surface area contributed by atoms with Gasteiger partial charge >= 0.3 is 0 Å². The van der Waals surface area contributed by atoms with Crippen molar-refractivity contribution in [3.05, 3.63) is 33.3 Å². The summed E-state index contributed by atoms with van der Waals surface area (Å²) in [4.78, 5) is 0. The lowest BCUT2D eigenvalue weighted by atomic mass is 9.83. The predicted octanol–water partition coefficient (Wildman–Crippen LogP) is 3.87. The van der Waals surface area contributed by atoms with Crippen molar-refractivity contribution in [3.8, 4) is 6.07 Å². The van der Waals surface area contributed by atoms with Crippen LogP contribution in [0.25, 0.3) is 0 Å². The van der Waals surface area contributed by atoms with Gasteiger partial charge in [0.15, 0.2) is 0 Å². The van der Waals surface area contributed by atoms with Gasteiger partial charge in [-0.25, -0.2) is 0 Å². The second-order valence-corrected chi connectivity index (χ2v) is 4.90. The average Bonchev–Trinajstić information content (AvgIpc) is 2.14. The number of benzene rings is 1. The number of aryl methyl sites for hydroxylation is 1. The van der Waals surface area contributed by atoms with E-state index in [2.05, 4.69) is 28.9 Å². The largest absolute Gasteiger partial charge is 0.197 e. The minimum absolute atomic E-state index is 0.416. The highest BCUT2D eigenvalue weighted by atomic mass is 79.9. The number of nitrogens with zero attached hydrogens (tertiary/aromatic N) is 1. The molecule has 0 fully saturated rings. The first-order chi connectivity index (χ1) is 6.40. The summed E-state index contributed by atoms with van der Waals surface area (Å²) < 4.78 is 1.11. The molecule has 1 rings (SSSR count). The topological polar surface area (TPSA) is 23.8 Å². The lowest BCUT2D eigenvalue weighted by Gasteiger charge is -2.20. The maximum Gasteiger partial charge on any atom is 0.0769 e. The first-order valence-corrected chi connectivity index (χ1v) is 5.37. The molecule has 0 saturated heterocycles. The van der Waals surface area contributed by atoms with E-state index in [-0.39, 0.29) is 0 Å². The van der Waals surface area contributed by atoms with Crippen LogP contribution in [0.1, 0.15) is 30.5 Å². The first kappa shape index (κ1) is 11.3. The van der Waals surface area contributed by atoms with Crippen LogP contribution < -0.4 is 0 Å². The van der Waals surface area contributed by atoms with Gasteiger partial charge in [0, 0.05) is 4.47 Å². The van der Waals surface area contributed by atoms with Crippen LogP contribution in [0.15, 0.2) is 16.6 Å². The van der Waals surface area contributed by atoms with Gasteiger partial charge in [-0.15, -0.1) is 0 Å². The third kappa shape index (κ3) is 1.83. The van der Waals surface area contributed by atoms with E-state index in [4.69, 9.17) is 5.26 Å². The molecule has 2 heteroatoms. The summed E-state index contributed by atoms with van der Waals surface area (Å²) in [7, 11) is 0. The fourth-order valence-corrected chi connectivity index (χ4v) is 1.90. The van der Waals surface area contributed by atoms with Gasteiger partial charge in [-0.3, -0.25) is 0 Å². The Morgan fingerprint density at radius 3 is 2.36 bits per heavy atom. The zero-order chi connectivity index (χ0) is 10.9. The Morgan fingerprint density at radius 1 is 1.29 bits per heavy atom. The minimum atomic E-state index is -0.416. The third-order valence-electron chi connectivity index (χ3n) is 2.53. The monoisotopic (exact) mass is 251 g/mol. The summed E-state index contributed by atoms with van der Waals surface area (Å²) in [6.07, 6.45) is 0. The van der Waals surface area contributed by atoms with Crippen LogP contribution in [-0.2, 0) is 5.41 Å². The zero-order valence-electron chi connectivity index (χ0n) is 8.98. The normalized spacial score (nSPS) is 11.1. The molecule has 14 heavy (non-hydrogen) atoms. The van der Waals surface area contributed by atoms with Gasteiger partial charge in [-0.05, 0) is 44.4 Å². The molecule has 0 bridgehead atoms. The van der Waals surface area contributed by atoms with E-state index in [1.165, 1.54) is 5.56 Å². The van der Waals surface area contributed by atoms with Crippen molar-refractivity contribution in [2.75, 3.05) is 0 Å². The van der Waals surface area contributed by atoms with Crippen LogP contribution in [0.3, 0.4) is 0 Å². The molecule has 1 aromatic carbocycles. The van der Waals surface area contributed by atoms with Crippen LogP contribution in [-0.4, -0.2) is 0 Å². The van der Waals surface area contributed by atoms with Gasteiger partial charge in [0.1, 0.15) is 0 Å². The SMILES string of the molecule is Cc1ccc(C(C)(C)C#N)c(C)c1Br. The van der Waals surface area contributed by atoms with E-state index < -0.39 is 5.41 Å². The van der Waals surface area contributed by atoms with Gasteiger partial charge in [-0.1, -0.05) is 28.1 Å². The third-order valence-corrected chi connectivity index (χ3v) is 3.75. The summed E-state index contributed by atoms with van der Waals surface area (Å²) in [5.74, 6) is 0. The molecular weight excluding hydrogens is 238 g/mol. The number of halogens is 1. The summed E-state index contributed by atoms with van der Waals surface area (Å²) >= 11 is 3.54. The van der Waals surface area contributed by atoms with Crippen molar-refractivity contribution < 1.29 is 0 Å². The molecular formula is C12H14BrN. The van der Waals surface area contributed by atoms with Gasteiger partial charge in [0.25, 0.3) is 0 Å². The van der Waals surface area contributed by atoms with E-state index >= 15 is 0 Å². The Balaban J connectivity index is 3.41. The summed E-state index contributed by atoms with van der Waals surface area (Å²) in [6, 6.07) is 6.41. The van der Waals surface area contributed by atoms with E-state index in [1.807, 2.05) is 32.9 Å². The maximum absolute atomic E-state index is 9.07. The standard InChI is InChI=1S/C12H14BrN/c1-8-5-6-10(9(2)11(8)13)12(3,4)7-14/h5-6H,1-4H3. The van der Waals surface area contributed by atoms with Gasteiger partial charge in [-0.2, -0.15) is 5.26 Å². The Bertz CT molecular complexity index is 400. The number of hydrogen-bond donors (Lipinski definition) is 0. The maximum atomic E-state index is 9.07. The number of rotatable bonds is 1. The molecule has 0 N–H and O–H groups in total. The quantitative estimate of drug-likeness (QED) is 0.744. The molecule has 0 aliphatic carbocycles. The van der Waals surface area contributed by atoms with Crippen LogP contribution in [0.4, 0.5) is 0 Å². The Labute approximate surface area is 93.9 Å². The molecule has 0 heterocycles. The smallest absolute Gasteiger partial charge is 0.0769 e. The van der Waals surface area contributed by atoms with Crippen molar-refractivity contribution in [1.29, 1.82) is 5.26 Å². The molecule has 0 radical (unpaired) electrons. The van der Waals surface area contributed by atoms with Crippen molar-refractivity contribution in [2.24, 2.45) is 0 Å². The lowest BCUT2D eigenvalue weighted by molar-refractivity contribution is 0.680. The number of hydrogen-bond acceptors (Lipinski definition) is 1. The molecule has 74 valence electrons. The molecule has 0 spiro atoms. The summed E-state index contributed by atoms with van der Waals surface area (Å²) in [6.45, 7) is 7.99. The molecule has 0 aliphatic rings. The van der Waals surface area contributed by atoms with E-state index in [0.717, 1.165) is 15.6 Å². The summed E-state index contributed by atoms with van der Waals surface area (Å²) in [5, 5.41) is 9.07. The second-order valence-electron chi connectivity index (χ2n) is 4.11. The van der Waals surface area contributed by atoms with Crippen molar-refractivity contribution in [2.45, 2.75) is 33.1 Å². The molecule has 1 nitrogen and oxygen atoms in total. The van der Waals surface area contributed by atoms with Gasteiger partial charge in [0.2, 0.25) is 0 Å². The van der Waals surface area contributed by atoms with Crippen molar-refractivity contribution in [1.82, 2.24) is 0 Å². The van der Waals surface area contributed by atoms with Crippen LogP contribution in [0.2, 0.25) is 0 Å². The summed E-state index contributed by atoms with van der Waals surface area (Å²) in [5.41, 5.74) is 3.05. The molecule has 0 amide bonds. The molecule has 1 aromatic rings. The fourth-order valence-electron chi connectivity index (χ4n) is 1.56. The minimum Gasteiger partial charge on any atom is -0.197 e. The van der Waals surface area contributed by atoms with Crippen LogP contribution in [0, 0.1) is 25.2 Å². The Morgan fingerprint density at radius 2 is 1.86 bits per heavy atom. The molecule has 0 saturated carbocycles. The van der Waals surface area contributed by atoms with Crippen LogP contribution >= 0.6 is 15.9 Å². The molecule has 0 unspecified atom stereocenters. The van der Waals surface area contributed by atoms with E-state index in [0.29, 0.717) is 0 Å². The Hall–Kier alpha value is -0.810. The molecule has 0 aliphatic heterocycles. The van der Waals surface area contributed by atoms with Crippen LogP contribution in [0.5, 0.6) is 0 Å². The average molecular weight is 252 g/mol. The highest BCUT2D eigenvalue weighted by Gasteiger charge is 2.22. The van der Waals surface area contributed by atoms with E-state index in [1.54, 1.807) is 0 Å². The van der Waals surface area contributed by atoms with Gasteiger partial charge < -0.3 is 0 Å². The number of nitriles is 1.